The lowest BCUT2D eigenvalue weighted by molar-refractivity contribution is -0.135. The SMILES string of the molecule is CC(=O)N1C[C@@H]2C[C@H]1C(=O)N(Cc1ccccc1)c1ccccc1O2. The van der Waals surface area contributed by atoms with Gasteiger partial charge in [-0.2, -0.15) is 0 Å². The van der Waals surface area contributed by atoms with Gasteiger partial charge in [-0.3, -0.25) is 9.59 Å². The van der Waals surface area contributed by atoms with E-state index in [-0.39, 0.29) is 17.9 Å². The molecule has 1 fully saturated rings. The van der Waals surface area contributed by atoms with Gasteiger partial charge in [0.2, 0.25) is 11.8 Å². The molecule has 0 N–H and O–H groups in total. The molecule has 2 bridgehead atoms. The highest BCUT2D eigenvalue weighted by molar-refractivity contribution is 6.00. The number of benzene rings is 2. The zero-order valence-electron chi connectivity index (χ0n) is 14.1. The van der Waals surface area contributed by atoms with Gasteiger partial charge in [-0.25, -0.2) is 0 Å². The predicted molar refractivity (Wildman–Crippen MR) is 94.3 cm³/mol. The average molecular weight is 336 g/mol. The van der Waals surface area contributed by atoms with Crippen LogP contribution in [0.4, 0.5) is 5.69 Å². The van der Waals surface area contributed by atoms with E-state index < -0.39 is 6.04 Å². The molecule has 0 spiro atoms. The highest BCUT2D eigenvalue weighted by Crippen LogP contribution is 2.36. The second-order valence-corrected chi connectivity index (χ2v) is 6.54. The molecule has 2 heterocycles. The summed E-state index contributed by atoms with van der Waals surface area (Å²) in [6.45, 7) is 2.42. The molecular weight excluding hydrogens is 316 g/mol. The van der Waals surface area contributed by atoms with Crippen LogP contribution in [0.15, 0.2) is 54.6 Å². The molecule has 0 aliphatic carbocycles. The number of para-hydroxylation sites is 2. The summed E-state index contributed by atoms with van der Waals surface area (Å²) in [4.78, 5) is 28.7. The third kappa shape index (κ3) is 2.86. The number of fused-ring (bicyclic) bond motifs is 3. The van der Waals surface area contributed by atoms with Crippen molar-refractivity contribution < 1.29 is 14.3 Å². The lowest BCUT2D eigenvalue weighted by atomic mass is 10.1. The van der Waals surface area contributed by atoms with Crippen LogP contribution in [-0.2, 0) is 16.1 Å². The number of carbonyl (C=O) groups excluding carboxylic acids is 2. The second kappa shape index (κ2) is 6.24. The summed E-state index contributed by atoms with van der Waals surface area (Å²) >= 11 is 0. The van der Waals surface area contributed by atoms with E-state index in [1.165, 1.54) is 6.92 Å². The molecule has 5 nitrogen and oxygen atoms in total. The molecule has 0 unspecified atom stereocenters. The first-order valence-electron chi connectivity index (χ1n) is 8.51. The average Bonchev–Trinajstić information content (AvgIpc) is 3.05. The van der Waals surface area contributed by atoms with E-state index in [9.17, 15) is 9.59 Å². The zero-order valence-corrected chi connectivity index (χ0v) is 14.1. The molecule has 25 heavy (non-hydrogen) atoms. The summed E-state index contributed by atoms with van der Waals surface area (Å²) in [5, 5.41) is 0. The van der Waals surface area contributed by atoms with Crippen molar-refractivity contribution in [3.8, 4) is 5.75 Å². The number of carbonyl (C=O) groups is 2. The Morgan fingerprint density at radius 3 is 2.60 bits per heavy atom. The van der Waals surface area contributed by atoms with Crippen LogP contribution >= 0.6 is 0 Å². The molecule has 128 valence electrons. The molecule has 0 aromatic heterocycles. The first kappa shape index (κ1) is 15.7. The number of amides is 2. The number of hydrogen-bond acceptors (Lipinski definition) is 3. The van der Waals surface area contributed by atoms with Gasteiger partial charge in [0, 0.05) is 13.3 Å². The van der Waals surface area contributed by atoms with Crippen LogP contribution in [-0.4, -0.2) is 35.4 Å². The van der Waals surface area contributed by atoms with Crippen molar-refractivity contribution in [2.24, 2.45) is 0 Å². The topological polar surface area (TPSA) is 49.9 Å². The molecule has 4 rings (SSSR count). The van der Waals surface area contributed by atoms with Crippen LogP contribution in [0.25, 0.3) is 0 Å². The van der Waals surface area contributed by atoms with E-state index in [0.29, 0.717) is 25.3 Å². The Labute approximate surface area is 146 Å². The van der Waals surface area contributed by atoms with Crippen LogP contribution in [0.2, 0.25) is 0 Å². The highest BCUT2D eigenvalue weighted by atomic mass is 16.5. The molecule has 2 aromatic carbocycles. The van der Waals surface area contributed by atoms with Gasteiger partial charge in [-0.05, 0) is 17.7 Å². The quantitative estimate of drug-likeness (QED) is 0.847. The largest absolute Gasteiger partial charge is 0.486 e. The maximum absolute atomic E-state index is 13.3. The van der Waals surface area contributed by atoms with Gasteiger partial charge in [-0.15, -0.1) is 0 Å². The van der Waals surface area contributed by atoms with Crippen molar-refractivity contribution in [3.05, 3.63) is 60.2 Å². The molecular formula is C20H20N2O3. The first-order valence-corrected chi connectivity index (χ1v) is 8.51. The van der Waals surface area contributed by atoms with Gasteiger partial charge < -0.3 is 14.5 Å². The molecule has 2 aliphatic heterocycles. The summed E-state index contributed by atoms with van der Waals surface area (Å²) in [5.41, 5.74) is 1.80. The lowest BCUT2D eigenvalue weighted by Gasteiger charge is -2.31. The number of rotatable bonds is 2. The summed E-state index contributed by atoms with van der Waals surface area (Å²) in [7, 11) is 0. The monoisotopic (exact) mass is 336 g/mol. The summed E-state index contributed by atoms with van der Waals surface area (Å²) in [5.74, 6) is 0.563. The minimum atomic E-state index is -0.459. The standard InChI is InChI=1S/C20H20N2O3/c1-14(23)21-13-16-11-18(21)20(24)22(12-15-7-3-2-4-8-15)17-9-5-6-10-19(17)25-16/h2-10,16,18H,11-13H2,1H3/t16-,18-/m0/s1. The van der Waals surface area contributed by atoms with Crippen LogP contribution in [0.3, 0.4) is 0 Å². The van der Waals surface area contributed by atoms with Crippen LogP contribution in [0, 0.1) is 0 Å². The number of anilines is 1. The fourth-order valence-corrected chi connectivity index (χ4v) is 3.65. The second-order valence-electron chi connectivity index (χ2n) is 6.54. The van der Waals surface area contributed by atoms with Crippen molar-refractivity contribution in [3.63, 3.8) is 0 Å². The molecule has 2 aromatic rings. The van der Waals surface area contributed by atoms with E-state index in [0.717, 1.165) is 11.3 Å². The third-order valence-corrected chi connectivity index (χ3v) is 4.85. The third-order valence-electron chi connectivity index (χ3n) is 4.85. The van der Waals surface area contributed by atoms with Crippen molar-refractivity contribution in [1.29, 1.82) is 0 Å². The Morgan fingerprint density at radius 1 is 1.12 bits per heavy atom. The molecule has 0 saturated carbocycles. The smallest absolute Gasteiger partial charge is 0.250 e. The van der Waals surface area contributed by atoms with E-state index in [1.807, 2.05) is 54.6 Å². The molecule has 0 radical (unpaired) electrons. The van der Waals surface area contributed by atoms with Crippen molar-refractivity contribution in [2.75, 3.05) is 11.4 Å². The normalized spacial score (nSPS) is 22.0. The minimum Gasteiger partial charge on any atom is -0.486 e. The van der Waals surface area contributed by atoms with E-state index in [1.54, 1.807) is 9.80 Å². The Bertz CT molecular complexity index is 806. The lowest BCUT2D eigenvalue weighted by Crippen LogP contribution is -2.47. The number of hydrogen-bond donors (Lipinski definition) is 0. The van der Waals surface area contributed by atoms with Crippen molar-refractivity contribution >= 4 is 17.5 Å². The summed E-state index contributed by atoms with van der Waals surface area (Å²) in [6.07, 6.45) is 0.399. The van der Waals surface area contributed by atoms with Gasteiger partial charge in [0.25, 0.3) is 0 Å². The number of likely N-dealkylation sites (tertiary alicyclic amines) is 1. The molecule has 2 amide bonds. The Balaban J connectivity index is 1.76. The van der Waals surface area contributed by atoms with Gasteiger partial charge in [-0.1, -0.05) is 42.5 Å². The number of nitrogens with zero attached hydrogens (tertiary/aromatic N) is 2. The van der Waals surface area contributed by atoms with Gasteiger partial charge in [0.05, 0.1) is 18.8 Å². The van der Waals surface area contributed by atoms with Crippen molar-refractivity contribution in [1.82, 2.24) is 4.90 Å². The van der Waals surface area contributed by atoms with Crippen LogP contribution < -0.4 is 9.64 Å². The number of ether oxygens (including phenoxy) is 1. The molecule has 2 atom stereocenters. The maximum atomic E-state index is 13.3. The van der Waals surface area contributed by atoms with Gasteiger partial charge in [0.1, 0.15) is 17.9 Å². The van der Waals surface area contributed by atoms with E-state index in [4.69, 9.17) is 4.74 Å². The van der Waals surface area contributed by atoms with Gasteiger partial charge in [0.15, 0.2) is 0 Å². The minimum absolute atomic E-state index is 0.0442. The zero-order chi connectivity index (χ0) is 17.4. The summed E-state index contributed by atoms with van der Waals surface area (Å²) in [6, 6.07) is 17.0. The van der Waals surface area contributed by atoms with E-state index in [2.05, 4.69) is 0 Å². The molecule has 5 heteroatoms. The fraction of sp³-hybridized carbons (Fsp3) is 0.300. The fourth-order valence-electron chi connectivity index (χ4n) is 3.65. The predicted octanol–water partition coefficient (Wildman–Crippen LogP) is 2.60. The van der Waals surface area contributed by atoms with Gasteiger partial charge >= 0.3 is 0 Å². The van der Waals surface area contributed by atoms with Crippen LogP contribution in [0.1, 0.15) is 18.9 Å². The van der Waals surface area contributed by atoms with Crippen molar-refractivity contribution in [2.45, 2.75) is 32.0 Å². The Hall–Kier alpha value is -2.82. The molecule has 2 aliphatic rings. The highest BCUT2D eigenvalue weighted by Gasteiger charge is 2.43. The maximum Gasteiger partial charge on any atom is 0.250 e. The first-order chi connectivity index (χ1) is 12.1. The molecule has 1 saturated heterocycles. The Kier molecular flexibility index (Phi) is 3.92. The van der Waals surface area contributed by atoms with Crippen LogP contribution in [0.5, 0.6) is 5.75 Å². The summed E-state index contributed by atoms with van der Waals surface area (Å²) < 4.78 is 6.14. The Morgan fingerprint density at radius 2 is 1.84 bits per heavy atom. The van der Waals surface area contributed by atoms with E-state index >= 15 is 0 Å².